The minimum absolute atomic E-state index is 0.112. The lowest BCUT2D eigenvalue weighted by Gasteiger charge is -2.19. The van der Waals surface area contributed by atoms with E-state index < -0.39 is 0 Å². The van der Waals surface area contributed by atoms with E-state index in [0.29, 0.717) is 11.5 Å². The summed E-state index contributed by atoms with van der Waals surface area (Å²) in [6, 6.07) is 5.70. The van der Waals surface area contributed by atoms with Crippen molar-refractivity contribution in [2.45, 2.75) is 46.6 Å². The van der Waals surface area contributed by atoms with E-state index in [1.165, 1.54) is 12.8 Å². The van der Waals surface area contributed by atoms with Gasteiger partial charge in [0.1, 0.15) is 5.82 Å². The third-order valence-corrected chi connectivity index (χ3v) is 3.56. The highest BCUT2D eigenvalue weighted by Crippen LogP contribution is 2.17. The molecule has 1 rings (SSSR count). The Kier molecular flexibility index (Phi) is 5.63. The monoisotopic (exact) mass is 237 g/mol. The highest BCUT2D eigenvalue weighted by molar-refractivity contribution is 5.25. The van der Waals surface area contributed by atoms with Gasteiger partial charge in [-0.25, -0.2) is 4.39 Å². The van der Waals surface area contributed by atoms with Crippen LogP contribution in [0.5, 0.6) is 0 Å². The van der Waals surface area contributed by atoms with E-state index in [1.54, 1.807) is 13.0 Å². The maximum Gasteiger partial charge on any atom is 0.126 e. The molecule has 1 atom stereocenters. The summed E-state index contributed by atoms with van der Waals surface area (Å²) in [6.45, 7) is 9.32. The normalized spacial score (nSPS) is 13.1. The van der Waals surface area contributed by atoms with Gasteiger partial charge in [-0.3, -0.25) is 0 Å². The van der Waals surface area contributed by atoms with Gasteiger partial charge in [0.05, 0.1) is 0 Å². The molecule has 2 heteroatoms. The molecule has 0 spiro atoms. The number of rotatable bonds is 6. The Morgan fingerprint density at radius 3 is 2.41 bits per heavy atom. The molecule has 0 aliphatic heterocycles. The van der Waals surface area contributed by atoms with Gasteiger partial charge in [0.2, 0.25) is 0 Å². The molecule has 0 aliphatic carbocycles. The Hall–Kier alpha value is -0.890. The van der Waals surface area contributed by atoms with Crippen LogP contribution in [0.4, 0.5) is 4.39 Å². The summed E-state index contributed by atoms with van der Waals surface area (Å²) in [4.78, 5) is 0. The summed E-state index contributed by atoms with van der Waals surface area (Å²) in [5.41, 5.74) is 1.74. The SMILES string of the molecule is CCC(CC)CNC(C)c1ccc(C)c(F)c1. The highest BCUT2D eigenvalue weighted by Gasteiger charge is 2.09. The molecular formula is C15H24FN. The first-order valence-corrected chi connectivity index (χ1v) is 6.57. The van der Waals surface area contributed by atoms with Crippen LogP contribution >= 0.6 is 0 Å². The quantitative estimate of drug-likeness (QED) is 0.781. The number of hydrogen-bond acceptors (Lipinski definition) is 1. The van der Waals surface area contributed by atoms with Crippen molar-refractivity contribution in [1.29, 1.82) is 0 Å². The third-order valence-electron chi connectivity index (χ3n) is 3.56. The first kappa shape index (κ1) is 14.2. The molecule has 1 aromatic rings. The first-order valence-electron chi connectivity index (χ1n) is 6.57. The minimum atomic E-state index is -0.112. The fourth-order valence-electron chi connectivity index (χ4n) is 1.92. The molecular weight excluding hydrogens is 213 g/mol. The van der Waals surface area contributed by atoms with Gasteiger partial charge in [0.15, 0.2) is 0 Å². The molecule has 0 heterocycles. The lowest BCUT2D eigenvalue weighted by atomic mass is 10.0. The van der Waals surface area contributed by atoms with Crippen LogP contribution in [0.2, 0.25) is 0 Å². The van der Waals surface area contributed by atoms with Crippen molar-refractivity contribution in [1.82, 2.24) is 5.32 Å². The first-order chi connectivity index (χ1) is 8.08. The van der Waals surface area contributed by atoms with Crippen LogP contribution in [0.25, 0.3) is 0 Å². The second-order valence-electron chi connectivity index (χ2n) is 4.82. The van der Waals surface area contributed by atoms with E-state index in [0.717, 1.165) is 12.1 Å². The van der Waals surface area contributed by atoms with E-state index in [9.17, 15) is 4.39 Å². The molecule has 1 aromatic carbocycles. The summed E-state index contributed by atoms with van der Waals surface area (Å²) in [5, 5.41) is 3.48. The highest BCUT2D eigenvalue weighted by atomic mass is 19.1. The lowest BCUT2D eigenvalue weighted by molar-refractivity contribution is 0.421. The lowest BCUT2D eigenvalue weighted by Crippen LogP contribution is -2.25. The molecule has 0 aliphatic rings. The molecule has 1 N–H and O–H groups in total. The van der Waals surface area contributed by atoms with Gasteiger partial charge in [-0.05, 0) is 43.5 Å². The molecule has 0 fully saturated rings. The van der Waals surface area contributed by atoms with E-state index in [1.807, 2.05) is 12.1 Å². The fraction of sp³-hybridized carbons (Fsp3) is 0.600. The van der Waals surface area contributed by atoms with Gasteiger partial charge in [-0.2, -0.15) is 0 Å². The van der Waals surface area contributed by atoms with Crippen LogP contribution in [-0.2, 0) is 0 Å². The summed E-state index contributed by atoms with van der Waals surface area (Å²) < 4.78 is 13.4. The molecule has 0 aromatic heterocycles. The van der Waals surface area contributed by atoms with Crippen LogP contribution in [0.3, 0.4) is 0 Å². The largest absolute Gasteiger partial charge is 0.310 e. The molecule has 0 saturated heterocycles. The van der Waals surface area contributed by atoms with Crippen LogP contribution in [-0.4, -0.2) is 6.54 Å². The molecule has 1 nitrogen and oxygen atoms in total. The predicted molar refractivity (Wildman–Crippen MR) is 71.6 cm³/mol. The average molecular weight is 237 g/mol. The maximum atomic E-state index is 13.4. The molecule has 0 saturated carbocycles. The zero-order valence-corrected chi connectivity index (χ0v) is 11.4. The van der Waals surface area contributed by atoms with E-state index >= 15 is 0 Å². The van der Waals surface area contributed by atoms with E-state index in [-0.39, 0.29) is 11.9 Å². The summed E-state index contributed by atoms with van der Waals surface area (Å²) >= 11 is 0. The van der Waals surface area contributed by atoms with Crippen molar-refractivity contribution >= 4 is 0 Å². The van der Waals surface area contributed by atoms with Crippen molar-refractivity contribution in [3.63, 3.8) is 0 Å². The topological polar surface area (TPSA) is 12.0 Å². The molecule has 1 unspecified atom stereocenters. The maximum absolute atomic E-state index is 13.4. The van der Waals surface area contributed by atoms with Gasteiger partial charge in [-0.1, -0.05) is 38.8 Å². The van der Waals surface area contributed by atoms with Crippen molar-refractivity contribution in [3.8, 4) is 0 Å². The van der Waals surface area contributed by atoms with Gasteiger partial charge in [-0.15, -0.1) is 0 Å². The number of aryl methyl sites for hydroxylation is 1. The Balaban J connectivity index is 2.57. The van der Waals surface area contributed by atoms with E-state index in [2.05, 4.69) is 26.1 Å². The van der Waals surface area contributed by atoms with Crippen LogP contribution in [0.1, 0.15) is 50.8 Å². The number of nitrogens with one attached hydrogen (secondary N) is 1. The van der Waals surface area contributed by atoms with E-state index in [4.69, 9.17) is 0 Å². The molecule has 17 heavy (non-hydrogen) atoms. The van der Waals surface area contributed by atoms with Gasteiger partial charge in [0, 0.05) is 6.04 Å². The molecule has 0 radical (unpaired) electrons. The summed E-state index contributed by atoms with van der Waals surface area (Å²) in [5.74, 6) is 0.603. The Labute approximate surface area is 104 Å². The van der Waals surface area contributed by atoms with Crippen LogP contribution < -0.4 is 5.32 Å². The molecule has 96 valence electrons. The van der Waals surface area contributed by atoms with Gasteiger partial charge >= 0.3 is 0 Å². The molecule has 0 bridgehead atoms. The second-order valence-corrected chi connectivity index (χ2v) is 4.82. The van der Waals surface area contributed by atoms with Crippen LogP contribution in [0, 0.1) is 18.7 Å². The van der Waals surface area contributed by atoms with Gasteiger partial charge < -0.3 is 5.32 Å². The zero-order valence-electron chi connectivity index (χ0n) is 11.4. The van der Waals surface area contributed by atoms with Gasteiger partial charge in [0.25, 0.3) is 0 Å². The smallest absolute Gasteiger partial charge is 0.126 e. The van der Waals surface area contributed by atoms with Crippen molar-refractivity contribution in [2.24, 2.45) is 5.92 Å². The number of hydrogen-bond donors (Lipinski definition) is 1. The van der Waals surface area contributed by atoms with Crippen molar-refractivity contribution < 1.29 is 4.39 Å². The van der Waals surface area contributed by atoms with Crippen LogP contribution in [0.15, 0.2) is 18.2 Å². The van der Waals surface area contributed by atoms with Crippen molar-refractivity contribution in [3.05, 3.63) is 35.1 Å². The van der Waals surface area contributed by atoms with Crippen molar-refractivity contribution in [2.75, 3.05) is 6.54 Å². The number of halogens is 1. The average Bonchev–Trinajstić information content (AvgIpc) is 2.33. The zero-order chi connectivity index (χ0) is 12.8. The fourth-order valence-corrected chi connectivity index (χ4v) is 1.92. The third kappa shape index (κ3) is 4.12. The predicted octanol–water partition coefficient (Wildman–Crippen LogP) is 4.22. The summed E-state index contributed by atoms with van der Waals surface area (Å²) in [6.07, 6.45) is 2.39. The standard InChI is InChI=1S/C15H24FN/c1-5-13(6-2)10-17-12(4)14-8-7-11(3)15(16)9-14/h7-9,12-13,17H,5-6,10H2,1-4H3. The minimum Gasteiger partial charge on any atom is -0.310 e. The Bertz CT molecular complexity index is 345. The Morgan fingerprint density at radius 1 is 1.24 bits per heavy atom. The molecule has 0 amide bonds. The number of benzene rings is 1. The second kappa shape index (κ2) is 6.75. The summed E-state index contributed by atoms with van der Waals surface area (Å²) in [7, 11) is 0. The Morgan fingerprint density at radius 2 is 1.88 bits per heavy atom.